The van der Waals surface area contributed by atoms with Crippen molar-refractivity contribution >= 4 is 0 Å². The molecule has 0 unspecified atom stereocenters. The molecule has 0 aromatic rings. The van der Waals surface area contributed by atoms with Crippen LogP contribution < -0.4 is 0 Å². The van der Waals surface area contributed by atoms with Gasteiger partial charge in [-0.05, 0) is 0 Å². The Morgan fingerprint density at radius 2 is 1.21 bits per heavy atom. The molecule has 0 radical (unpaired) electrons. The third-order valence-corrected chi connectivity index (χ3v) is 1.54. The van der Waals surface area contributed by atoms with E-state index >= 15 is 0 Å². The Bertz CT molecular complexity index is 193. The Balaban J connectivity index is 4.92. The van der Waals surface area contributed by atoms with Crippen LogP contribution in [0.1, 0.15) is 6.42 Å². The van der Waals surface area contributed by atoms with Gasteiger partial charge in [-0.25, -0.2) is 0 Å². The molecule has 0 heterocycles. The Hall–Kier alpha value is -0.500. The summed E-state index contributed by atoms with van der Waals surface area (Å²) in [6.07, 6.45) is -1.80. The quantitative estimate of drug-likeness (QED) is 0.693. The molecule has 0 aliphatic rings. The van der Waals surface area contributed by atoms with E-state index in [2.05, 4.69) is 0 Å². The maximum absolute atomic E-state index is 12.4. The minimum atomic E-state index is -5.68. The summed E-state index contributed by atoms with van der Waals surface area (Å²) in [6, 6.07) is 0. The molecule has 0 fully saturated rings. The summed E-state index contributed by atoms with van der Waals surface area (Å²) < 4.78 is 73.9. The normalized spacial score (nSPS) is 14.6. The van der Waals surface area contributed by atoms with E-state index in [1.54, 1.807) is 0 Å². The topological polar surface area (TPSA) is 40.5 Å². The molecule has 86 valence electrons. The van der Waals surface area contributed by atoms with Crippen molar-refractivity contribution in [1.82, 2.24) is 0 Å². The van der Waals surface area contributed by atoms with Crippen molar-refractivity contribution in [2.75, 3.05) is 13.2 Å². The minimum absolute atomic E-state index is 1.36. The smallest absolute Gasteiger partial charge is 0.374 e. The van der Waals surface area contributed by atoms with Gasteiger partial charge in [0.1, 0.15) is 6.61 Å². The average Bonchev–Trinajstić information content (AvgIpc) is 2.03. The maximum atomic E-state index is 12.4. The number of hydrogen-bond donors (Lipinski definition) is 2. The van der Waals surface area contributed by atoms with E-state index < -0.39 is 37.4 Å². The first-order valence-electron chi connectivity index (χ1n) is 3.47. The summed E-state index contributed by atoms with van der Waals surface area (Å²) >= 11 is 0. The number of halogens is 6. The number of alkyl halides is 6. The number of aliphatic hydroxyl groups excluding tert-OH is 2. The Morgan fingerprint density at radius 3 is 1.50 bits per heavy atom. The third-order valence-electron chi connectivity index (χ3n) is 1.54. The van der Waals surface area contributed by atoms with Gasteiger partial charge in [-0.1, -0.05) is 0 Å². The monoisotopic (exact) mass is 226 g/mol. The van der Waals surface area contributed by atoms with Gasteiger partial charge in [0.2, 0.25) is 0 Å². The molecule has 14 heavy (non-hydrogen) atoms. The highest BCUT2D eigenvalue weighted by Crippen LogP contribution is 2.46. The lowest BCUT2D eigenvalue weighted by Crippen LogP contribution is -2.56. The molecule has 0 aromatic heterocycles. The Kier molecular flexibility index (Phi) is 3.79. The van der Waals surface area contributed by atoms with Gasteiger partial charge in [0.05, 0.1) is 0 Å². The summed E-state index contributed by atoms with van der Waals surface area (Å²) in [5.41, 5.74) is 0. The van der Waals surface area contributed by atoms with Crippen LogP contribution in [0.25, 0.3) is 0 Å². The van der Waals surface area contributed by atoms with E-state index in [1.165, 1.54) is 0 Å². The molecule has 0 amide bonds. The van der Waals surface area contributed by atoms with Crippen LogP contribution in [0.15, 0.2) is 0 Å². The second kappa shape index (κ2) is 3.93. The largest absolute Gasteiger partial charge is 0.396 e. The summed E-state index contributed by atoms with van der Waals surface area (Å²) in [5, 5.41) is 15.8. The Morgan fingerprint density at radius 1 is 0.786 bits per heavy atom. The minimum Gasteiger partial charge on any atom is -0.396 e. The van der Waals surface area contributed by atoms with E-state index in [0.717, 1.165) is 0 Å². The first kappa shape index (κ1) is 13.5. The van der Waals surface area contributed by atoms with Gasteiger partial charge >= 0.3 is 17.8 Å². The molecule has 0 aliphatic carbocycles. The molecular weight excluding hydrogens is 218 g/mol. The third kappa shape index (κ3) is 2.11. The summed E-state index contributed by atoms with van der Waals surface area (Å²) in [4.78, 5) is 0. The van der Waals surface area contributed by atoms with Crippen molar-refractivity contribution in [3.63, 3.8) is 0 Å². The molecule has 2 N–H and O–H groups in total. The summed E-state index contributed by atoms with van der Waals surface area (Å²) in [6.45, 7) is -3.74. The van der Waals surface area contributed by atoms with E-state index in [9.17, 15) is 26.3 Å². The van der Waals surface area contributed by atoms with Crippen molar-refractivity contribution < 1.29 is 36.6 Å². The second-order valence-corrected chi connectivity index (χ2v) is 2.62. The highest BCUT2D eigenvalue weighted by atomic mass is 19.3. The van der Waals surface area contributed by atoms with Gasteiger partial charge in [0.25, 0.3) is 0 Å². The molecule has 0 saturated carbocycles. The number of rotatable bonds is 5. The van der Waals surface area contributed by atoms with Gasteiger partial charge in [-0.3, -0.25) is 0 Å². The first-order valence-corrected chi connectivity index (χ1v) is 3.47. The van der Waals surface area contributed by atoms with Gasteiger partial charge in [0, 0.05) is 13.0 Å². The van der Waals surface area contributed by atoms with Gasteiger partial charge in [-0.15, -0.1) is 0 Å². The SMILES string of the molecule is OCCC(F)(F)C(F)(F)C(F)(F)CO. The fourth-order valence-electron chi connectivity index (χ4n) is 0.664. The molecule has 0 aromatic carbocycles. The van der Waals surface area contributed by atoms with Crippen LogP contribution >= 0.6 is 0 Å². The van der Waals surface area contributed by atoms with Gasteiger partial charge < -0.3 is 10.2 Å². The summed E-state index contributed by atoms with van der Waals surface area (Å²) in [5.74, 6) is -16.0. The number of hydrogen-bond acceptors (Lipinski definition) is 2. The maximum Gasteiger partial charge on any atom is 0.374 e. The molecule has 8 heteroatoms. The van der Waals surface area contributed by atoms with Crippen LogP contribution in [0.4, 0.5) is 26.3 Å². The van der Waals surface area contributed by atoms with Crippen molar-refractivity contribution in [3.05, 3.63) is 0 Å². The fraction of sp³-hybridized carbons (Fsp3) is 1.00. The van der Waals surface area contributed by atoms with Crippen LogP contribution in [-0.4, -0.2) is 41.2 Å². The van der Waals surface area contributed by atoms with E-state index in [0.29, 0.717) is 0 Å². The molecular formula is C6H8F6O2. The summed E-state index contributed by atoms with van der Waals surface area (Å²) in [7, 11) is 0. The van der Waals surface area contributed by atoms with Crippen LogP contribution in [0.3, 0.4) is 0 Å². The lowest BCUT2D eigenvalue weighted by atomic mass is 10.0. The van der Waals surface area contributed by atoms with Crippen molar-refractivity contribution in [3.8, 4) is 0 Å². The molecule has 0 bridgehead atoms. The van der Waals surface area contributed by atoms with Crippen molar-refractivity contribution in [2.45, 2.75) is 24.2 Å². The molecule has 2 nitrogen and oxygen atoms in total. The predicted octanol–water partition coefficient (Wildman–Crippen LogP) is 1.27. The van der Waals surface area contributed by atoms with Crippen LogP contribution in [0.2, 0.25) is 0 Å². The zero-order chi connectivity index (χ0) is 11.6. The zero-order valence-corrected chi connectivity index (χ0v) is 6.78. The highest BCUT2D eigenvalue weighted by molar-refractivity contribution is 4.95. The molecule has 0 rings (SSSR count). The average molecular weight is 226 g/mol. The lowest BCUT2D eigenvalue weighted by Gasteiger charge is -2.31. The molecule has 0 atom stereocenters. The zero-order valence-electron chi connectivity index (χ0n) is 6.78. The fourth-order valence-corrected chi connectivity index (χ4v) is 0.664. The number of aliphatic hydroxyl groups is 2. The first-order chi connectivity index (χ1) is 6.12. The van der Waals surface area contributed by atoms with Gasteiger partial charge in [0.15, 0.2) is 0 Å². The van der Waals surface area contributed by atoms with E-state index in [1.807, 2.05) is 0 Å². The Labute approximate surface area is 75.1 Å². The standard InChI is InChI=1S/C6H8F6O2/c7-4(8,1-2-13)6(11,12)5(9,10)3-14/h13-14H,1-3H2. The van der Waals surface area contributed by atoms with Crippen LogP contribution in [-0.2, 0) is 0 Å². The van der Waals surface area contributed by atoms with Crippen molar-refractivity contribution in [2.24, 2.45) is 0 Å². The second-order valence-electron chi connectivity index (χ2n) is 2.62. The molecule has 0 aliphatic heterocycles. The van der Waals surface area contributed by atoms with E-state index in [-0.39, 0.29) is 0 Å². The van der Waals surface area contributed by atoms with Crippen LogP contribution in [0, 0.1) is 0 Å². The highest BCUT2D eigenvalue weighted by Gasteiger charge is 2.70. The molecule has 0 spiro atoms. The predicted molar refractivity (Wildman–Crippen MR) is 33.6 cm³/mol. The van der Waals surface area contributed by atoms with E-state index in [4.69, 9.17) is 10.2 Å². The molecule has 0 saturated heterocycles. The van der Waals surface area contributed by atoms with Crippen LogP contribution in [0.5, 0.6) is 0 Å². The lowest BCUT2D eigenvalue weighted by molar-refractivity contribution is -0.319. The van der Waals surface area contributed by atoms with Crippen molar-refractivity contribution in [1.29, 1.82) is 0 Å². The van der Waals surface area contributed by atoms with Gasteiger partial charge in [-0.2, -0.15) is 26.3 Å².